The van der Waals surface area contributed by atoms with Crippen LogP contribution in [-0.4, -0.2) is 9.97 Å². The Morgan fingerprint density at radius 1 is 1.24 bits per heavy atom. The van der Waals surface area contributed by atoms with Gasteiger partial charge < -0.3 is 4.74 Å². The summed E-state index contributed by atoms with van der Waals surface area (Å²) in [5.41, 5.74) is 2.41. The summed E-state index contributed by atoms with van der Waals surface area (Å²) in [4.78, 5) is 9.08. The number of ether oxygens (including phenoxy) is 1. The maximum absolute atomic E-state index is 9.10. The van der Waals surface area contributed by atoms with Crippen molar-refractivity contribution in [3.63, 3.8) is 0 Å². The van der Waals surface area contributed by atoms with E-state index < -0.39 is 0 Å². The maximum Gasteiger partial charge on any atom is 0.232 e. The highest BCUT2D eigenvalue weighted by atomic mass is 35.5. The molecule has 2 heterocycles. The van der Waals surface area contributed by atoms with Crippen molar-refractivity contribution in [3.8, 4) is 17.7 Å². The molecule has 0 unspecified atom stereocenters. The number of thiophene rings is 1. The molecule has 0 aliphatic rings. The minimum atomic E-state index is 0.155. The molecule has 3 aromatic rings. The Labute approximate surface area is 130 Å². The van der Waals surface area contributed by atoms with E-state index in [0.29, 0.717) is 17.2 Å². The molecule has 3 rings (SSSR count). The van der Waals surface area contributed by atoms with Crippen molar-refractivity contribution in [2.45, 2.75) is 13.8 Å². The third kappa shape index (κ3) is 2.56. The topological polar surface area (TPSA) is 58.8 Å². The molecule has 0 aliphatic heterocycles. The Balaban J connectivity index is 2.07. The van der Waals surface area contributed by atoms with Crippen molar-refractivity contribution in [1.82, 2.24) is 9.97 Å². The van der Waals surface area contributed by atoms with E-state index in [2.05, 4.69) is 16.0 Å². The summed E-state index contributed by atoms with van der Waals surface area (Å²) in [5.74, 6) is 1.06. The lowest BCUT2D eigenvalue weighted by Crippen LogP contribution is -1.94. The second-order valence-corrected chi connectivity index (χ2v) is 5.82. The number of aryl methyl sites for hydroxylation is 2. The van der Waals surface area contributed by atoms with Gasteiger partial charge in [-0.05, 0) is 60.2 Å². The summed E-state index contributed by atoms with van der Waals surface area (Å²) in [6, 6.07) is 7.72. The van der Waals surface area contributed by atoms with Crippen molar-refractivity contribution >= 4 is 33.2 Å². The summed E-state index contributed by atoms with van der Waals surface area (Å²) < 4.78 is 5.85. The number of hydrogen-bond acceptors (Lipinski definition) is 5. The van der Waals surface area contributed by atoms with Gasteiger partial charge in [-0.2, -0.15) is 10.2 Å². The van der Waals surface area contributed by atoms with E-state index in [0.717, 1.165) is 21.3 Å². The number of nitrogens with zero attached hydrogens (tertiary/aromatic N) is 3. The van der Waals surface area contributed by atoms with Crippen LogP contribution in [0.25, 0.3) is 10.2 Å². The standard InChI is InChI=1S/C15H10ClN3OS/c1-8-5-10(6-9(2)12(8)7-17)20-13-11-3-4-21-14(11)19-15(16)18-13/h3-6H,1-2H3. The largest absolute Gasteiger partial charge is 0.438 e. The molecule has 2 aromatic heterocycles. The molecular formula is C15H10ClN3OS. The Morgan fingerprint density at radius 3 is 2.62 bits per heavy atom. The quantitative estimate of drug-likeness (QED) is 0.647. The van der Waals surface area contributed by atoms with Crippen LogP contribution >= 0.6 is 22.9 Å². The summed E-state index contributed by atoms with van der Waals surface area (Å²) in [5, 5.41) is 12.0. The normalized spacial score (nSPS) is 10.6. The van der Waals surface area contributed by atoms with E-state index in [-0.39, 0.29) is 5.28 Å². The molecule has 0 radical (unpaired) electrons. The molecular weight excluding hydrogens is 306 g/mol. The zero-order chi connectivity index (χ0) is 15.0. The monoisotopic (exact) mass is 315 g/mol. The number of halogens is 1. The highest BCUT2D eigenvalue weighted by molar-refractivity contribution is 7.16. The number of rotatable bonds is 2. The van der Waals surface area contributed by atoms with Crippen LogP contribution < -0.4 is 4.74 Å². The van der Waals surface area contributed by atoms with Crippen molar-refractivity contribution in [3.05, 3.63) is 45.6 Å². The zero-order valence-electron chi connectivity index (χ0n) is 11.3. The van der Waals surface area contributed by atoms with E-state index in [1.54, 1.807) is 0 Å². The molecule has 0 N–H and O–H groups in total. The minimum absolute atomic E-state index is 0.155. The van der Waals surface area contributed by atoms with Gasteiger partial charge in [-0.25, -0.2) is 4.98 Å². The molecule has 0 aliphatic carbocycles. The molecule has 0 atom stereocenters. The molecule has 0 spiro atoms. The molecule has 0 bridgehead atoms. The second-order valence-electron chi connectivity index (χ2n) is 4.58. The Kier molecular flexibility index (Phi) is 3.50. The van der Waals surface area contributed by atoms with Crippen molar-refractivity contribution in [1.29, 1.82) is 5.26 Å². The van der Waals surface area contributed by atoms with Crippen LogP contribution in [0.3, 0.4) is 0 Å². The molecule has 6 heteroatoms. The third-order valence-corrected chi connectivity index (χ3v) is 4.07. The lowest BCUT2D eigenvalue weighted by atomic mass is 10.0. The van der Waals surface area contributed by atoms with Gasteiger partial charge in [0.2, 0.25) is 11.2 Å². The number of nitriles is 1. The minimum Gasteiger partial charge on any atom is -0.438 e. The Morgan fingerprint density at radius 2 is 1.95 bits per heavy atom. The molecule has 4 nitrogen and oxygen atoms in total. The zero-order valence-corrected chi connectivity index (χ0v) is 12.9. The van der Waals surface area contributed by atoms with E-state index in [4.69, 9.17) is 21.6 Å². The molecule has 0 saturated carbocycles. The lowest BCUT2D eigenvalue weighted by Gasteiger charge is -2.09. The van der Waals surface area contributed by atoms with Gasteiger partial charge in [-0.1, -0.05) is 0 Å². The summed E-state index contributed by atoms with van der Waals surface area (Å²) in [6.45, 7) is 3.76. The van der Waals surface area contributed by atoms with Gasteiger partial charge in [-0.15, -0.1) is 11.3 Å². The maximum atomic E-state index is 9.10. The van der Waals surface area contributed by atoms with Crippen LogP contribution in [0.2, 0.25) is 5.28 Å². The fourth-order valence-corrected chi connectivity index (χ4v) is 3.12. The molecule has 0 fully saturated rings. The average molecular weight is 316 g/mol. The van der Waals surface area contributed by atoms with Crippen LogP contribution in [0, 0.1) is 25.2 Å². The predicted molar refractivity (Wildman–Crippen MR) is 83.1 cm³/mol. The number of aromatic nitrogens is 2. The Hall–Kier alpha value is -2.16. The first kappa shape index (κ1) is 13.8. The van der Waals surface area contributed by atoms with Crippen LogP contribution in [-0.2, 0) is 0 Å². The first-order valence-electron chi connectivity index (χ1n) is 6.18. The number of fused-ring (bicyclic) bond motifs is 1. The van der Waals surface area contributed by atoms with Crippen LogP contribution in [0.15, 0.2) is 23.6 Å². The van der Waals surface area contributed by atoms with Crippen molar-refractivity contribution < 1.29 is 4.74 Å². The highest BCUT2D eigenvalue weighted by Gasteiger charge is 2.12. The summed E-state index contributed by atoms with van der Waals surface area (Å²) in [7, 11) is 0. The number of hydrogen-bond donors (Lipinski definition) is 0. The molecule has 104 valence electrons. The van der Waals surface area contributed by atoms with Crippen molar-refractivity contribution in [2.75, 3.05) is 0 Å². The van der Waals surface area contributed by atoms with Gasteiger partial charge >= 0.3 is 0 Å². The van der Waals surface area contributed by atoms with Crippen LogP contribution in [0.4, 0.5) is 0 Å². The second kappa shape index (κ2) is 5.32. The van der Waals surface area contributed by atoms with Gasteiger partial charge in [0, 0.05) is 0 Å². The summed E-state index contributed by atoms with van der Waals surface area (Å²) >= 11 is 7.40. The van der Waals surface area contributed by atoms with Gasteiger partial charge in [0.1, 0.15) is 10.6 Å². The van der Waals surface area contributed by atoms with Gasteiger partial charge in [0.15, 0.2) is 0 Å². The third-order valence-electron chi connectivity index (χ3n) is 3.10. The lowest BCUT2D eigenvalue weighted by molar-refractivity contribution is 0.467. The fourth-order valence-electron chi connectivity index (χ4n) is 2.15. The molecule has 1 aromatic carbocycles. The van der Waals surface area contributed by atoms with Crippen LogP contribution in [0.5, 0.6) is 11.6 Å². The smallest absolute Gasteiger partial charge is 0.232 e. The summed E-state index contributed by atoms with van der Waals surface area (Å²) in [6.07, 6.45) is 0. The fraction of sp³-hybridized carbons (Fsp3) is 0.133. The molecule has 0 amide bonds. The average Bonchev–Trinajstić information content (AvgIpc) is 2.86. The van der Waals surface area contributed by atoms with Gasteiger partial charge in [-0.3, -0.25) is 0 Å². The molecule has 21 heavy (non-hydrogen) atoms. The van der Waals surface area contributed by atoms with Gasteiger partial charge in [0.05, 0.1) is 17.0 Å². The number of benzene rings is 1. The Bertz CT molecular complexity index is 859. The van der Waals surface area contributed by atoms with E-state index in [9.17, 15) is 0 Å². The predicted octanol–water partition coefficient (Wildman–Crippen LogP) is 4.63. The van der Waals surface area contributed by atoms with E-state index in [1.807, 2.05) is 37.4 Å². The van der Waals surface area contributed by atoms with E-state index in [1.165, 1.54) is 11.3 Å². The van der Waals surface area contributed by atoms with E-state index >= 15 is 0 Å². The highest BCUT2D eigenvalue weighted by Crippen LogP contribution is 2.32. The van der Waals surface area contributed by atoms with Crippen LogP contribution in [0.1, 0.15) is 16.7 Å². The van der Waals surface area contributed by atoms with Gasteiger partial charge in [0.25, 0.3) is 0 Å². The SMILES string of the molecule is Cc1cc(Oc2nc(Cl)nc3sccc23)cc(C)c1C#N. The molecule has 0 saturated heterocycles. The van der Waals surface area contributed by atoms with Crippen molar-refractivity contribution in [2.24, 2.45) is 0 Å². The first-order valence-corrected chi connectivity index (χ1v) is 7.44. The first-order chi connectivity index (χ1) is 10.1.